The molecule has 0 aliphatic rings. The number of halogens is 1. The van der Waals surface area contributed by atoms with E-state index in [0.29, 0.717) is 11.3 Å². The van der Waals surface area contributed by atoms with Crippen molar-refractivity contribution >= 4 is 17.9 Å². The minimum absolute atomic E-state index is 0.282. The molecule has 0 radical (unpaired) electrons. The van der Waals surface area contributed by atoms with Crippen LogP contribution in [0.5, 0.6) is 0 Å². The third-order valence-corrected chi connectivity index (χ3v) is 2.66. The molecular formula is C12H11ClN2O. The van der Waals surface area contributed by atoms with Gasteiger partial charge in [0.2, 0.25) is 0 Å². The fourth-order valence-corrected chi connectivity index (χ4v) is 1.94. The molecule has 1 aromatic heterocycles. The number of H-pyrrole nitrogens is 1. The normalized spacial score (nSPS) is 10.4. The number of aromatic amines is 1. The summed E-state index contributed by atoms with van der Waals surface area (Å²) in [6.07, 6.45) is 0.721. The Kier molecular flexibility index (Phi) is 2.79. The predicted octanol–water partition coefficient (Wildman–Crippen LogP) is 3.16. The van der Waals surface area contributed by atoms with Crippen molar-refractivity contribution in [2.45, 2.75) is 13.8 Å². The maximum Gasteiger partial charge on any atom is 0.155 e. The van der Waals surface area contributed by atoms with Crippen LogP contribution >= 0.6 is 11.6 Å². The first-order chi connectivity index (χ1) is 7.61. The summed E-state index contributed by atoms with van der Waals surface area (Å²) in [6.45, 7) is 4.01. The summed E-state index contributed by atoms with van der Waals surface area (Å²) in [5, 5.41) is 6.94. The lowest BCUT2D eigenvalue weighted by Gasteiger charge is -2.02. The molecule has 1 aromatic carbocycles. The van der Waals surface area contributed by atoms with Gasteiger partial charge in [-0.25, -0.2) is 0 Å². The molecule has 1 heterocycles. The van der Waals surface area contributed by atoms with Crippen LogP contribution in [0.2, 0.25) is 5.15 Å². The molecular weight excluding hydrogens is 224 g/mol. The van der Waals surface area contributed by atoms with Crippen molar-refractivity contribution in [3.8, 4) is 11.3 Å². The first kappa shape index (κ1) is 10.9. The van der Waals surface area contributed by atoms with Crippen LogP contribution in [0.4, 0.5) is 0 Å². The predicted molar refractivity (Wildman–Crippen MR) is 63.9 cm³/mol. The Morgan fingerprint density at radius 1 is 1.25 bits per heavy atom. The topological polar surface area (TPSA) is 45.8 Å². The zero-order chi connectivity index (χ0) is 11.7. The number of benzene rings is 1. The Balaban J connectivity index is 2.62. The van der Waals surface area contributed by atoms with E-state index < -0.39 is 0 Å². The van der Waals surface area contributed by atoms with Crippen molar-refractivity contribution in [3.05, 3.63) is 40.0 Å². The van der Waals surface area contributed by atoms with E-state index in [0.717, 1.165) is 23.0 Å². The van der Waals surface area contributed by atoms with Crippen LogP contribution in [0.3, 0.4) is 0 Å². The summed E-state index contributed by atoms with van der Waals surface area (Å²) < 4.78 is 0. The Hall–Kier alpha value is -1.61. The number of nitrogens with zero attached hydrogens (tertiary/aromatic N) is 1. The van der Waals surface area contributed by atoms with E-state index in [2.05, 4.69) is 16.3 Å². The fraction of sp³-hybridized carbons (Fsp3) is 0.167. The Morgan fingerprint density at radius 2 is 1.88 bits per heavy atom. The lowest BCUT2D eigenvalue weighted by atomic mass is 10.0. The van der Waals surface area contributed by atoms with Gasteiger partial charge in [0.25, 0.3) is 0 Å². The Morgan fingerprint density at radius 3 is 2.44 bits per heavy atom. The van der Waals surface area contributed by atoms with E-state index in [1.807, 2.05) is 26.0 Å². The molecule has 0 saturated heterocycles. The minimum Gasteiger partial charge on any atom is -0.298 e. The van der Waals surface area contributed by atoms with Crippen molar-refractivity contribution in [1.82, 2.24) is 10.2 Å². The molecule has 4 heteroatoms. The molecule has 0 spiro atoms. The summed E-state index contributed by atoms with van der Waals surface area (Å²) in [4.78, 5) is 10.9. The monoisotopic (exact) mass is 234 g/mol. The van der Waals surface area contributed by atoms with Gasteiger partial charge in [-0.3, -0.25) is 9.89 Å². The average Bonchev–Trinajstić information content (AvgIpc) is 2.58. The van der Waals surface area contributed by atoms with Crippen LogP contribution in [0.1, 0.15) is 21.5 Å². The zero-order valence-electron chi connectivity index (χ0n) is 9.04. The summed E-state index contributed by atoms with van der Waals surface area (Å²) >= 11 is 5.83. The molecule has 2 aromatic rings. The van der Waals surface area contributed by atoms with Crippen LogP contribution < -0.4 is 0 Å². The van der Waals surface area contributed by atoms with E-state index in [1.165, 1.54) is 0 Å². The molecule has 0 aliphatic heterocycles. The highest BCUT2D eigenvalue weighted by molar-refractivity contribution is 6.32. The minimum atomic E-state index is 0.282. The van der Waals surface area contributed by atoms with Crippen molar-refractivity contribution in [2.24, 2.45) is 0 Å². The van der Waals surface area contributed by atoms with Gasteiger partial charge in [-0.1, -0.05) is 28.8 Å². The molecule has 0 aliphatic carbocycles. The molecule has 82 valence electrons. The zero-order valence-corrected chi connectivity index (χ0v) is 9.80. The fourth-order valence-electron chi connectivity index (χ4n) is 1.77. The first-order valence-electron chi connectivity index (χ1n) is 4.89. The number of carbonyl (C=O) groups excluding carboxylic acids is 1. The van der Waals surface area contributed by atoms with Crippen LogP contribution in [0.25, 0.3) is 11.3 Å². The molecule has 0 atom stereocenters. The number of aromatic nitrogens is 2. The first-order valence-corrected chi connectivity index (χ1v) is 5.27. The second kappa shape index (κ2) is 4.10. The van der Waals surface area contributed by atoms with Crippen LogP contribution in [-0.2, 0) is 0 Å². The Labute approximate surface area is 98.4 Å². The van der Waals surface area contributed by atoms with Crippen molar-refractivity contribution in [1.29, 1.82) is 0 Å². The van der Waals surface area contributed by atoms with Crippen LogP contribution in [0.15, 0.2) is 18.2 Å². The van der Waals surface area contributed by atoms with Gasteiger partial charge in [-0.15, -0.1) is 0 Å². The number of aldehydes is 1. The second-order valence-electron chi connectivity index (χ2n) is 3.79. The van der Waals surface area contributed by atoms with Gasteiger partial charge in [-0.2, -0.15) is 5.10 Å². The summed E-state index contributed by atoms with van der Waals surface area (Å²) in [5.74, 6) is 0. The molecule has 0 saturated carbocycles. The number of rotatable bonds is 2. The summed E-state index contributed by atoms with van der Waals surface area (Å²) in [5.41, 5.74) is 4.18. The van der Waals surface area contributed by atoms with Crippen molar-refractivity contribution in [2.75, 3.05) is 0 Å². The van der Waals surface area contributed by atoms with Gasteiger partial charge in [-0.05, 0) is 26.0 Å². The van der Waals surface area contributed by atoms with E-state index in [9.17, 15) is 4.79 Å². The lowest BCUT2D eigenvalue weighted by Crippen LogP contribution is -1.87. The number of hydrogen-bond donors (Lipinski definition) is 1. The lowest BCUT2D eigenvalue weighted by molar-refractivity contribution is 0.112. The maximum absolute atomic E-state index is 10.9. The second-order valence-corrected chi connectivity index (χ2v) is 4.17. The van der Waals surface area contributed by atoms with E-state index in [-0.39, 0.29) is 5.15 Å². The number of aryl methyl sites for hydroxylation is 2. The van der Waals surface area contributed by atoms with Gasteiger partial charge in [0.1, 0.15) is 10.8 Å². The van der Waals surface area contributed by atoms with E-state index in [4.69, 9.17) is 11.6 Å². The standard InChI is InChI=1S/C12H11ClN2O/c1-7-3-8(2)5-9(4-7)11-10(6-16)12(13)15-14-11/h3-6H,1-2H3,(H,14,15). The molecule has 0 amide bonds. The van der Waals surface area contributed by atoms with Crippen molar-refractivity contribution < 1.29 is 4.79 Å². The van der Waals surface area contributed by atoms with Gasteiger partial charge >= 0.3 is 0 Å². The molecule has 0 unspecified atom stereocenters. The molecule has 0 bridgehead atoms. The van der Waals surface area contributed by atoms with Crippen LogP contribution in [-0.4, -0.2) is 16.5 Å². The van der Waals surface area contributed by atoms with E-state index >= 15 is 0 Å². The molecule has 1 N–H and O–H groups in total. The van der Waals surface area contributed by atoms with Gasteiger partial charge < -0.3 is 0 Å². The number of hydrogen-bond acceptors (Lipinski definition) is 2. The highest BCUT2D eigenvalue weighted by atomic mass is 35.5. The highest BCUT2D eigenvalue weighted by Gasteiger charge is 2.13. The SMILES string of the molecule is Cc1cc(C)cc(-c2n[nH]c(Cl)c2C=O)c1. The molecule has 3 nitrogen and oxygen atoms in total. The van der Waals surface area contributed by atoms with Gasteiger partial charge in [0.05, 0.1) is 5.56 Å². The number of carbonyl (C=O) groups is 1. The van der Waals surface area contributed by atoms with Gasteiger partial charge in [0, 0.05) is 5.56 Å². The largest absolute Gasteiger partial charge is 0.298 e. The summed E-state index contributed by atoms with van der Waals surface area (Å²) in [6, 6.07) is 6.03. The molecule has 0 fully saturated rings. The van der Waals surface area contributed by atoms with Crippen molar-refractivity contribution in [3.63, 3.8) is 0 Å². The average molecular weight is 235 g/mol. The molecule has 2 rings (SSSR count). The smallest absolute Gasteiger partial charge is 0.155 e. The summed E-state index contributed by atoms with van der Waals surface area (Å²) in [7, 11) is 0. The number of nitrogens with one attached hydrogen (secondary N) is 1. The third kappa shape index (κ3) is 1.86. The maximum atomic E-state index is 10.9. The highest BCUT2D eigenvalue weighted by Crippen LogP contribution is 2.26. The third-order valence-electron chi connectivity index (χ3n) is 2.37. The quantitative estimate of drug-likeness (QED) is 0.812. The van der Waals surface area contributed by atoms with Gasteiger partial charge in [0.15, 0.2) is 6.29 Å². The Bertz CT molecular complexity index is 526. The molecule has 16 heavy (non-hydrogen) atoms. The van der Waals surface area contributed by atoms with E-state index in [1.54, 1.807) is 0 Å². The van der Waals surface area contributed by atoms with Crippen LogP contribution in [0, 0.1) is 13.8 Å².